The molecule has 0 aliphatic heterocycles. The molecular formula is C21H19N9O4. The van der Waals surface area contributed by atoms with Crippen LogP contribution in [0.15, 0.2) is 35.1 Å². The van der Waals surface area contributed by atoms with E-state index in [1.54, 1.807) is 38.5 Å². The van der Waals surface area contributed by atoms with Crippen LogP contribution in [0.25, 0.3) is 21.8 Å². The maximum atomic E-state index is 12.7. The van der Waals surface area contributed by atoms with Gasteiger partial charge in [-0.15, -0.1) is 10.2 Å². The Bertz CT molecular complexity index is 1550. The number of aromatic nitrogens is 8. The Hall–Kier alpha value is -4.81. The molecule has 172 valence electrons. The number of H-pyrrole nitrogens is 2. The van der Waals surface area contributed by atoms with Crippen LogP contribution < -0.4 is 25.1 Å². The van der Waals surface area contributed by atoms with Crippen LogP contribution in [0.5, 0.6) is 17.2 Å². The van der Waals surface area contributed by atoms with E-state index in [9.17, 15) is 4.79 Å². The van der Waals surface area contributed by atoms with Crippen LogP contribution in [0.3, 0.4) is 0 Å². The van der Waals surface area contributed by atoms with Gasteiger partial charge in [0.25, 0.3) is 5.56 Å². The topological polar surface area (TPSA) is 166 Å². The number of rotatable bonds is 7. The molecule has 0 saturated heterocycles. The van der Waals surface area contributed by atoms with Crippen molar-refractivity contribution >= 4 is 33.7 Å². The molecule has 0 fully saturated rings. The van der Waals surface area contributed by atoms with Gasteiger partial charge in [-0.3, -0.25) is 15.1 Å². The van der Waals surface area contributed by atoms with Crippen molar-refractivity contribution in [2.45, 2.75) is 13.5 Å². The average Bonchev–Trinajstić information content (AvgIpc) is 3.36. The molecule has 3 heterocycles. The molecule has 3 N–H and O–H groups in total. The minimum absolute atomic E-state index is 0.113. The molecule has 13 nitrogen and oxygen atoms in total. The Morgan fingerprint density at radius 3 is 2.56 bits per heavy atom. The lowest BCUT2D eigenvalue weighted by Crippen LogP contribution is -2.12. The quantitative estimate of drug-likeness (QED) is 0.324. The Kier molecular flexibility index (Phi) is 5.33. The molecule has 5 rings (SSSR count). The van der Waals surface area contributed by atoms with Gasteiger partial charge in [-0.05, 0) is 31.2 Å². The summed E-state index contributed by atoms with van der Waals surface area (Å²) < 4.78 is 16.3. The van der Waals surface area contributed by atoms with Crippen LogP contribution in [0.2, 0.25) is 0 Å². The van der Waals surface area contributed by atoms with Crippen molar-refractivity contribution in [1.82, 2.24) is 40.6 Å². The fourth-order valence-corrected chi connectivity index (χ4v) is 3.43. The Balaban J connectivity index is 1.44. The van der Waals surface area contributed by atoms with Crippen LogP contribution in [-0.2, 0) is 6.61 Å². The summed E-state index contributed by atoms with van der Waals surface area (Å²) in [5.41, 5.74) is 1.50. The van der Waals surface area contributed by atoms with Gasteiger partial charge in [-0.1, -0.05) is 5.21 Å². The number of hydrogen-bond donors (Lipinski definition) is 3. The molecule has 0 amide bonds. The largest absolute Gasteiger partial charge is 0.493 e. The Morgan fingerprint density at radius 1 is 0.971 bits per heavy atom. The summed E-state index contributed by atoms with van der Waals surface area (Å²) in [5, 5.41) is 17.6. The number of nitrogens with one attached hydrogen (secondary N) is 3. The number of hydrogen-bond acceptors (Lipinski definition) is 11. The molecule has 0 unspecified atom stereocenters. The highest BCUT2D eigenvalue weighted by Gasteiger charge is 2.13. The van der Waals surface area contributed by atoms with Gasteiger partial charge in [0, 0.05) is 11.5 Å². The second kappa shape index (κ2) is 8.61. The van der Waals surface area contributed by atoms with Crippen LogP contribution >= 0.6 is 0 Å². The highest BCUT2D eigenvalue weighted by molar-refractivity contribution is 5.86. The zero-order chi connectivity index (χ0) is 23.7. The first-order valence-corrected chi connectivity index (χ1v) is 10.1. The zero-order valence-electron chi connectivity index (χ0n) is 18.4. The fraction of sp³-hybridized carbons (Fsp3) is 0.190. The standard InChI is InChI=1S/C21H19N9O4/c1-10-12-7-16(32-2)17(33-3)8-15(12)24-20(22-10)26-21-23-14-5-4-11(6-13(14)19(31)25-21)34-9-18-27-29-30-28-18/h4-8H,9H2,1-3H3,(H,27,28,29,30)(H2,22,23,24,25,26,31). The van der Waals surface area contributed by atoms with Gasteiger partial charge in [0.05, 0.1) is 36.3 Å². The first kappa shape index (κ1) is 21.1. The van der Waals surface area contributed by atoms with Crippen molar-refractivity contribution in [2.75, 3.05) is 19.5 Å². The predicted octanol–water partition coefficient (Wildman–Crippen LogP) is 2.03. The molecule has 13 heteroatoms. The highest BCUT2D eigenvalue weighted by atomic mass is 16.5. The highest BCUT2D eigenvalue weighted by Crippen LogP contribution is 2.33. The van der Waals surface area contributed by atoms with Gasteiger partial charge in [0.1, 0.15) is 5.75 Å². The summed E-state index contributed by atoms with van der Waals surface area (Å²) in [6.07, 6.45) is 0. The molecule has 2 aromatic carbocycles. The molecular weight excluding hydrogens is 442 g/mol. The van der Waals surface area contributed by atoms with Gasteiger partial charge < -0.3 is 14.2 Å². The number of fused-ring (bicyclic) bond motifs is 2. The molecule has 3 aromatic heterocycles. The van der Waals surface area contributed by atoms with Gasteiger partial charge in [0.2, 0.25) is 17.7 Å². The summed E-state index contributed by atoms with van der Waals surface area (Å²) in [7, 11) is 3.13. The fourth-order valence-electron chi connectivity index (χ4n) is 3.43. The second-order valence-corrected chi connectivity index (χ2v) is 7.19. The number of aromatic amines is 2. The Morgan fingerprint density at radius 2 is 1.79 bits per heavy atom. The van der Waals surface area contributed by atoms with Crippen molar-refractivity contribution in [3.63, 3.8) is 0 Å². The lowest BCUT2D eigenvalue weighted by atomic mass is 10.1. The maximum absolute atomic E-state index is 12.7. The van der Waals surface area contributed by atoms with Gasteiger partial charge >= 0.3 is 0 Å². The third-order valence-corrected chi connectivity index (χ3v) is 5.06. The number of aryl methyl sites for hydroxylation is 1. The van der Waals surface area contributed by atoms with E-state index < -0.39 is 0 Å². The number of ether oxygens (including phenoxy) is 3. The predicted molar refractivity (Wildman–Crippen MR) is 122 cm³/mol. The normalized spacial score (nSPS) is 11.0. The minimum atomic E-state index is -0.346. The smallest absolute Gasteiger partial charge is 0.260 e. The van der Waals surface area contributed by atoms with E-state index in [4.69, 9.17) is 14.2 Å². The van der Waals surface area contributed by atoms with E-state index in [1.807, 2.05) is 13.0 Å². The van der Waals surface area contributed by atoms with Crippen molar-refractivity contribution in [1.29, 1.82) is 0 Å². The monoisotopic (exact) mass is 461 g/mol. The third kappa shape index (κ3) is 4.01. The molecule has 0 aliphatic rings. The van der Waals surface area contributed by atoms with E-state index in [1.165, 1.54) is 0 Å². The van der Waals surface area contributed by atoms with E-state index in [0.717, 1.165) is 11.1 Å². The van der Waals surface area contributed by atoms with Crippen molar-refractivity contribution in [3.8, 4) is 17.2 Å². The summed E-state index contributed by atoms with van der Waals surface area (Å²) in [6.45, 7) is 1.97. The van der Waals surface area contributed by atoms with Crippen molar-refractivity contribution in [2.24, 2.45) is 0 Å². The first-order valence-electron chi connectivity index (χ1n) is 10.1. The minimum Gasteiger partial charge on any atom is -0.493 e. The summed E-state index contributed by atoms with van der Waals surface area (Å²) in [4.78, 5) is 28.9. The van der Waals surface area contributed by atoms with E-state index >= 15 is 0 Å². The van der Waals surface area contributed by atoms with E-state index in [2.05, 4.69) is 45.9 Å². The van der Waals surface area contributed by atoms with E-state index in [-0.39, 0.29) is 24.1 Å². The Labute approximate surface area is 191 Å². The van der Waals surface area contributed by atoms with Crippen LogP contribution in [0, 0.1) is 6.92 Å². The van der Waals surface area contributed by atoms with Crippen LogP contribution in [0.1, 0.15) is 11.5 Å². The SMILES string of the molecule is COc1cc2nc(Nc3nc4ccc(OCc5nn[nH]n5)cc4c(=O)[nH]3)nc(C)c2cc1OC. The lowest BCUT2D eigenvalue weighted by Gasteiger charge is -2.12. The third-order valence-electron chi connectivity index (χ3n) is 5.06. The maximum Gasteiger partial charge on any atom is 0.260 e. The van der Waals surface area contributed by atoms with Crippen molar-refractivity contribution in [3.05, 3.63) is 52.2 Å². The molecule has 5 aromatic rings. The molecule has 0 bridgehead atoms. The number of tetrazole rings is 1. The van der Waals surface area contributed by atoms with Gasteiger partial charge in [0.15, 0.2) is 18.1 Å². The number of nitrogens with zero attached hydrogens (tertiary/aromatic N) is 6. The molecule has 0 radical (unpaired) electrons. The molecule has 34 heavy (non-hydrogen) atoms. The van der Waals surface area contributed by atoms with Crippen LogP contribution in [0.4, 0.5) is 11.9 Å². The second-order valence-electron chi connectivity index (χ2n) is 7.19. The number of methoxy groups -OCH3 is 2. The van der Waals surface area contributed by atoms with Gasteiger partial charge in [-0.2, -0.15) is 5.21 Å². The molecule has 0 atom stereocenters. The average molecular weight is 461 g/mol. The summed E-state index contributed by atoms with van der Waals surface area (Å²) in [5.74, 6) is 2.49. The summed E-state index contributed by atoms with van der Waals surface area (Å²) >= 11 is 0. The summed E-state index contributed by atoms with van der Waals surface area (Å²) in [6, 6.07) is 8.57. The van der Waals surface area contributed by atoms with Gasteiger partial charge in [-0.25, -0.2) is 15.0 Å². The zero-order valence-corrected chi connectivity index (χ0v) is 18.4. The first-order chi connectivity index (χ1) is 16.5. The van der Waals surface area contributed by atoms with Crippen molar-refractivity contribution < 1.29 is 14.2 Å². The molecule has 0 saturated carbocycles. The molecule has 0 spiro atoms. The molecule has 0 aliphatic carbocycles. The van der Waals surface area contributed by atoms with Crippen LogP contribution in [-0.4, -0.2) is 54.8 Å². The lowest BCUT2D eigenvalue weighted by molar-refractivity contribution is 0.296. The van der Waals surface area contributed by atoms with E-state index in [0.29, 0.717) is 39.5 Å². The number of anilines is 2. The number of benzene rings is 2.